The van der Waals surface area contributed by atoms with E-state index in [2.05, 4.69) is 20.8 Å². The highest BCUT2D eigenvalue weighted by molar-refractivity contribution is 6.33. The van der Waals surface area contributed by atoms with Crippen LogP contribution in [0.4, 0.5) is 5.95 Å². The molecule has 0 radical (unpaired) electrons. The molecule has 0 aliphatic carbocycles. The number of nitrogens with one attached hydrogen (secondary N) is 1. The van der Waals surface area contributed by atoms with E-state index in [-0.39, 0.29) is 16.3 Å². The minimum absolute atomic E-state index is 0.00256. The number of aromatic carboxylic acids is 1. The lowest BCUT2D eigenvalue weighted by atomic mass is 10.2. The van der Waals surface area contributed by atoms with Crippen LogP contribution in [0.5, 0.6) is 5.75 Å². The molecular formula is C15H12ClN5O3. The summed E-state index contributed by atoms with van der Waals surface area (Å²) in [7, 11) is 0. The highest BCUT2D eigenvalue weighted by atomic mass is 35.5. The van der Waals surface area contributed by atoms with Gasteiger partial charge in [0.2, 0.25) is 5.95 Å². The van der Waals surface area contributed by atoms with Gasteiger partial charge in [-0.05, 0) is 46.3 Å². The number of phenols is 1. The highest BCUT2D eigenvalue weighted by Crippen LogP contribution is 2.21. The summed E-state index contributed by atoms with van der Waals surface area (Å²) in [6, 6.07) is 11.2. The summed E-state index contributed by atoms with van der Waals surface area (Å²) in [5.41, 5.74) is 1.37. The van der Waals surface area contributed by atoms with Crippen molar-refractivity contribution in [3.8, 4) is 11.4 Å². The van der Waals surface area contributed by atoms with E-state index >= 15 is 0 Å². The van der Waals surface area contributed by atoms with Crippen molar-refractivity contribution in [2.45, 2.75) is 6.54 Å². The van der Waals surface area contributed by atoms with Crippen molar-refractivity contribution in [2.75, 3.05) is 5.32 Å². The van der Waals surface area contributed by atoms with Crippen LogP contribution < -0.4 is 5.32 Å². The van der Waals surface area contributed by atoms with Gasteiger partial charge in [-0.2, -0.15) is 4.68 Å². The average molecular weight is 346 g/mol. The van der Waals surface area contributed by atoms with Crippen LogP contribution in [0.2, 0.25) is 5.02 Å². The molecule has 0 atom stereocenters. The number of anilines is 1. The summed E-state index contributed by atoms with van der Waals surface area (Å²) >= 11 is 5.97. The van der Waals surface area contributed by atoms with Crippen molar-refractivity contribution in [1.82, 2.24) is 20.2 Å². The largest absolute Gasteiger partial charge is 0.508 e. The summed E-state index contributed by atoms with van der Waals surface area (Å²) in [5, 5.41) is 33.0. The summed E-state index contributed by atoms with van der Waals surface area (Å²) in [4.78, 5) is 11.0. The van der Waals surface area contributed by atoms with Crippen LogP contribution in [0.15, 0.2) is 42.5 Å². The SMILES string of the molecule is O=C(O)c1ccc(-n2nnnc2NCc2cccc(O)c2)cc1Cl. The fourth-order valence-corrected chi connectivity index (χ4v) is 2.38. The van der Waals surface area contributed by atoms with Crippen LogP contribution in [0.1, 0.15) is 15.9 Å². The number of phenolic OH excluding ortho intramolecular Hbond substituents is 1. The predicted octanol–water partition coefficient (Wildman–Crippen LogP) is 2.33. The monoisotopic (exact) mass is 345 g/mol. The fourth-order valence-electron chi connectivity index (χ4n) is 2.13. The lowest BCUT2D eigenvalue weighted by molar-refractivity contribution is 0.0697. The standard InChI is InChI=1S/C15H12ClN5O3/c16-13-7-10(4-5-12(13)14(23)24)21-15(18-19-20-21)17-8-9-2-1-3-11(22)6-9/h1-7,22H,8H2,(H,23,24)(H,17,18,20). The number of aromatic nitrogens is 4. The molecule has 0 saturated carbocycles. The number of carboxylic acids is 1. The smallest absolute Gasteiger partial charge is 0.337 e. The summed E-state index contributed by atoms with van der Waals surface area (Å²) in [6.07, 6.45) is 0. The van der Waals surface area contributed by atoms with Crippen LogP contribution >= 0.6 is 11.6 Å². The molecule has 0 unspecified atom stereocenters. The Labute approximate surface area is 141 Å². The molecule has 0 saturated heterocycles. The summed E-state index contributed by atoms with van der Waals surface area (Å²) in [6.45, 7) is 0.399. The number of rotatable bonds is 5. The molecule has 3 aromatic rings. The maximum absolute atomic E-state index is 11.0. The zero-order valence-corrected chi connectivity index (χ0v) is 13.0. The van der Waals surface area contributed by atoms with Gasteiger partial charge in [0.25, 0.3) is 0 Å². The molecule has 0 fully saturated rings. The lowest BCUT2D eigenvalue weighted by Gasteiger charge is -2.08. The van der Waals surface area contributed by atoms with Gasteiger partial charge >= 0.3 is 5.97 Å². The van der Waals surface area contributed by atoms with Gasteiger partial charge in [-0.15, -0.1) is 0 Å². The van der Waals surface area contributed by atoms with E-state index in [0.717, 1.165) is 5.56 Å². The quantitative estimate of drug-likeness (QED) is 0.650. The first-order valence-corrected chi connectivity index (χ1v) is 7.26. The molecule has 3 N–H and O–H groups in total. The zero-order valence-electron chi connectivity index (χ0n) is 12.2. The van der Waals surface area contributed by atoms with Crippen LogP contribution in [0, 0.1) is 0 Å². The fraction of sp³-hybridized carbons (Fsp3) is 0.0667. The molecule has 0 bridgehead atoms. The lowest BCUT2D eigenvalue weighted by Crippen LogP contribution is -2.08. The number of aromatic hydroxyl groups is 1. The number of nitrogens with zero attached hydrogens (tertiary/aromatic N) is 4. The molecule has 3 rings (SSSR count). The molecule has 0 aliphatic heterocycles. The van der Waals surface area contributed by atoms with E-state index < -0.39 is 5.97 Å². The van der Waals surface area contributed by atoms with Crippen molar-refractivity contribution >= 4 is 23.5 Å². The van der Waals surface area contributed by atoms with Gasteiger partial charge in [0.15, 0.2) is 0 Å². The van der Waals surface area contributed by atoms with Crippen LogP contribution in [-0.4, -0.2) is 36.4 Å². The Kier molecular flexibility index (Phi) is 4.30. The summed E-state index contributed by atoms with van der Waals surface area (Å²) < 4.78 is 1.40. The number of carboxylic acid groups (broad SMARTS) is 1. The number of hydrogen-bond donors (Lipinski definition) is 3. The van der Waals surface area contributed by atoms with Gasteiger partial charge < -0.3 is 15.5 Å². The minimum Gasteiger partial charge on any atom is -0.508 e. The first-order chi connectivity index (χ1) is 11.5. The number of hydrogen-bond acceptors (Lipinski definition) is 6. The van der Waals surface area contributed by atoms with Gasteiger partial charge in [-0.25, -0.2) is 4.79 Å². The van der Waals surface area contributed by atoms with Crippen molar-refractivity contribution in [3.05, 3.63) is 58.6 Å². The second kappa shape index (κ2) is 6.55. The molecule has 9 heteroatoms. The van der Waals surface area contributed by atoms with Crippen LogP contribution in [-0.2, 0) is 6.54 Å². The molecule has 8 nitrogen and oxygen atoms in total. The Bertz CT molecular complexity index is 896. The zero-order chi connectivity index (χ0) is 17.1. The van der Waals surface area contributed by atoms with Gasteiger partial charge in [0.1, 0.15) is 5.75 Å². The van der Waals surface area contributed by atoms with E-state index in [1.807, 2.05) is 6.07 Å². The Morgan fingerprint density at radius 3 is 2.79 bits per heavy atom. The Hall–Kier alpha value is -3.13. The van der Waals surface area contributed by atoms with E-state index in [0.29, 0.717) is 18.2 Å². The molecule has 2 aromatic carbocycles. The first-order valence-electron chi connectivity index (χ1n) is 6.88. The van der Waals surface area contributed by atoms with Crippen molar-refractivity contribution < 1.29 is 15.0 Å². The van der Waals surface area contributed by atoms with Gasteiger partial charge in [0.05, 0.1) is 16.3 Å². The third-order valence-electron chi connectivity index (χ3n) is 3.26. The van der Waals surface area contributed by atoms with E-state index in [4.69, 9.17) is 16.7 Å². The highest BCUT2D eigenvalue weighted by Gasteiger charge is 2.13. The molecule has 1 aromatic heterocycles. The number of benzene rings is 2. The summed E-state index contributed by atoms with van der Waals surface area (Å²) in [5.74, 6) is -0.576. The Morgan fingerprint density at radius 1 is 1.25 bits per heavy atom. The molecule has 0 spiro atoms. The van der Waals surface area contributed by atoms with Crippen LogP contribution in [0.3, 0.4) is 0 Å². The predicted molar refractivity (Wildman–Crippen MR) is 86.6 cm³/mol. The second-order valence-corrected chi connectivity index (χ2v) is 5.31. The Morgan fingerprint density at radius 2 is 2.08 bits per heavy atom. The van der Waals surface area contributed by atoms with Crippen molar-refractivity contribution in [3.63, 3.8) is 0 Å². The third kappa shape index (κ3) is 3.28. The average Bonchev–Trinajstić information content (AvgIpc) is 3.01. The van der Waals surface area contributed by atoms with E-state index in [9.17, 15) is 9.90 Å². The van der Waals surface area contributed by atoms with Crippen molar-refractivity contribution in [2.24, 2.45) is 0 Å². The van der Waals surface area contributed by atoms with E-state index in [1.165, 1.54) is 16.8 Å². The van der Waals surface area contributed by atoms with Gasteiger partial charge in [0, 0.05) is 6.54 Å². The minimum atomic E-state index is -1.11. The topological polar surface area (TPSA) is 113 Å². The van der Waals surface area contributed by atoms with Crippen LogP contribution in [0.25, 0.3) is 5.69 Å². The maximum Gasteiger partial charge on any atom is 0.337 e. The Balaban J connectivity index is 1.83. The molecular weight excluding hydrogens is 334 g/mol. The second-order valence-electron chi connectivity index (χ2n) is 4.91. The van der Waals surface area contributed by atoms with Gasteiger partial charge in [-0.3, -0.25) is 0 Å². The van der Waals surface area contributed by atoms with Gasteiger partial charge in [-0.1, -0.05) is 28.8 Å². The first kappa shape index (κ1) is 15.8. The number of halogens is 1. The molecule has 122 valence electrons. The van der Waals surface area contributed by atoms with Crippen molar-refractivity contribution in [1.29, 1.82) is 0 Å². The molecule has 0 amide bonds. The normalized spacial score (nSPS) is 10.5. The third-order valence-corrected chi connectivity index (χ3v) is 3.57. The maximum atomic E-state index is 11.0. The number of tetrazole rings is 1. The molecule has 24 heavy (non-hydrogen) atoms. The molecule has 1 heterocycles. The van der Waals surface area contributed by atoms with E-state index in [1.54, 1.807) is 24.3 Å². The number of carbonyl (C=O) groups is 1. The molecule has 0 aliphatic rings.